The van der Waals surface area contributed by atoms with Crippen molar-refractivity contribution in [2.75, 3.05) is 19.3 Å². The largest absolute Gasteiger partial charge is 0.314 e. The number of nitrogens with zero attached hydrogens (tertiary/aromatic N) is 1. The molecule has 0 spiro atoms. The van der Waals surface area contributed by atoms with E-state index in [-0.39, 0.29) is 0 Å². The van der Waals surface area contributed by atoms with Crippen LogP contribution in [0.2, 0.25) is 0 Å². The highest BCUT2D eigenvalue weighted by Crippen LogP contribution is 2.36. The summed E-state index contributed by atoms with van der Waals surface area (Å²) in [6.07, 6.45) is 9.18. The molecule has 0 aromatic carbocycles. The van der Waals surface area contributed by atoms with Gasteiger partial charge < -0.3 is 5.32 Å². The van der Waals surface area contributed by atoms with Gasteiger partial charge in [-0.2, -0.15) is 11.8 Å². The molecule has 19 heavy (non-hydrogen) atoms. The summed E-state index contributed by atoms with van der Waals surface area (Å²) in [6.45, 7) is 9.65. The van der Waals surface area contributed by atoms with Crippen LogP contribution >= 0.6 is 11.8 Å². The molecule has 5 atom stereocenters. The van der Waals surface area contributed by atoms with Crippen molar-refractivity contribution in [3.63, 3.8) is 0 Å². The molecule has 0 amide bonds. The summed E-state index contributed by atoms with van der Waals surface area (Å²) in [5.41, 5.74) is 0. The standard InChI is InChI=1S/C16H32N2S/c1-5-10-17-14-9-11-18(13(3)12(14)2)15-7-6-8-16(15)19-4/h12-17H,5-11H2,1-4H3. The zero-order chi connectivity index (χ0) is 13.8. The van der Waals surface area contributed by atoms with Crippen molar-refractivity contribution in [1.29, 1.82) is 0 Å². The van der Waals surface area contributed by atoms with Crippen LogP contribution in [0.3, 0.4) is 0 Å². The Balaban J connectivity index is 1.94. The third-order valence-corrected chi connectivity index (χ3v) is 6.58. The Morgan fingerprint density at radius 3 is 2.68 bits per heavy atom. The normalized spacial score (nSPS) is 40.7. The first-order valence-electron chi connectivity index (χ1n) is 8.21. The van der Waals surface area contributed by atoms with Gasteiger partial charge in [-0.1, -0.05) is 20.3 Å². The van der Waals surface area contributed by atoms with Gasteiger partial charge in [-0.25, -0.2) is 0 Å². The summed E-state index contributed by atoms with van der Waals surface area (Å²) in [5.74, 6) is 0.781. The highest BCUT2D eigenvalue weighted by Gasteiger charge is 2.39. The molecule has 1 saturated heterocycles. The molecule has 2 nitrogen and oxygen atoms in total. The van der Waals surface area contributed by atoms with Crippen molar-refractivity contribution in [2.24, 2.45) is 5.92 Å². The van der Waals surface area contributed by atoms with Crippen LogP contribution in [0.1, 0.15) is 52.9 Å². The van der Waals surface area contributed by atoms with Gasteiger partial charge in [0.1, 0.15) is 0 Å². The van der Waals surface area contributed by atoms with Crippen LogP contribution in [-0.2, 0) is 0 Å². The molecule has 0 bridgehead atoms. The highest BCUT2D eigenvalue weighted by atomic mass is 32.2. The maximum Gasteiger partial charge on any atom is 0.0217 e. The minimum Gasteiger partial charge on any atom is -0.314 e. The van der Waals surface area contributed by atoms with Crippen molar-refractivity contribution in [1.82, 2.24) is 10.2 Å². The minimum atomic E-state index is 0.736. The maximum atomic E-state index is 3.76. The van der Waals surface area contributed by atoms with E-state index < -0.39 is 0 Å². The number of likely N-dealkylation sites (tertiary alicyclic amines) is 1. The van der Waals surface area contributed by atoms with E-state index in [2.05, 4.69) is 49.0 Å². The van der Waals surface area contributed by atoms with Crippen molar-refractivity contribution in [3.05, 3.63) is 0 Å². The Labute approximate surface area is 124 Å². The predicted octanol–water partition coefficient (Wildman–Crippen LogP) is 3.37. The fourth-order valence-electron chi connectivity index (χ4n) is 4.04. The van der Waals surface area contributed by atoms with Crippen molar-refractivity contribution >= 4 is 11.8 Å². The topological polar surface area (TPSA) is 15.3 Å². The van der Waals surface area contributed by atoms with Gasteiger partial charge in [0.15, 0.2) is 0 Å². The number of hydrogen-bond acceptors (Lipinski definition) is 3. The Kier molecular flexibility index (Phi) is 6.04. The van der Waals surface area contributed by atoms with E-state index in [1.165, 1.54) is 45.2 Å². The van der Waals surface area contributed by atoms with Gasteiger partial charge in [-0.05, 0) is 51.3 Å². The third kappa shape index (κ3) is 3.48. The van der Waals surface area contributed by atoms with Gasteiger partial charge >= 0.3 is 0 Å². The lowest BCUT2D eigenvalue weighted by molar-refractivity contribution is 0.0506. The van der Waals surface area contributed by atoms with Gasteiger partial charge in [0.05, 0.1) is 0 Å². The Bertz CT molecular complexity index is 271. The van der Waals surface area contributed by atoms with E-state index in [1.807, 2.05) is 0 Å². The molecule has 0 aromatic heterocycles. The second-order valence-corrected chi connectivity index (χ2v) is 7.54. The molecule has 1 aliphatic heterocycles. The second-order valence-electron chi connectivity index (χ2n) is 6.46. The van der Waals surface area contributed by atoms with E-state index in [0.29, 0.717) is 0 Å². The molecule has 0 aromatic rings. The van der Waals surface area contributed by atoms with Crippen LogP contribution in [0.15, 0.2) is 0 Å². The number of nitrogens with one attached hydrogen (secondary N) is 1. The molecule has 1 saturated carbocycles. The minimum absolute atomic E-state index is 0.736. The van der Waals surface area contributed by atoms with E-state index in [0.717, 1.165) is 29.3 Å². The number of piperidine rings is 1. The molecule has 3 heteroatoms. The highest BCUT2D eigenvalue weighted by molar-refractivity contribution is 7.99. The summed E-state index contributed by atoms with van der Waals surface area (Å²) in [7, 11) is 0. The molecule has 0 radical (unpaired) electrons. The molecule has 1 heterocycles. The summed E-state index contributed by atoms with van der Waals surface area (Å²) >= 11 is 2.09. The van der Waals surface area contributed by atoms with Crippen LogP contribution < -0.4 is 5.32 Å². The average Bonchev–Trinajstić information content (AvgIpc) is 2.88. The zero-order valence-corrected chi connectivity index (χ0v) is 14.0. The van der Waals surface area contributed by atoms with Crippen LogP contribution in [0, 0.1) is 5.92 Å². The predicted molar refractivity (Wildman–Crippen MR) is 87.0 cm³/mol. The Morgan fingerprint density at radius 2 is 2.00 bits per heavy atom. The lowest BCUT2D eigenvalue weighted by atomic mass is 9.85. The number of thioether (sulfide) groups is 1. The molecule has 2 rings (SSSR count). The second kappa shape index (κ2) is 7.33. The molecule has 2 fully saturated rings. The summed E-state index contributed by atoms with van der Waals surface area (Å²) in [4.78, 5) is 2.84. The number of rotatable bonds is 5. The lowest BCUT2D eigenvalue weighted by Gasteiger charge is -2.47. The molecular weight excluding hydrogens is 252 g/mol. The van der Waals surface area contributed by atoms with E-state index in [9.17, 15) is 0 Å². The van der Waals surface area contributed by atoms with Crippen LogP contribution in [0.25, 0.3) is 0 Å². The van der Waals surface area contributed by atoms with Gasteiger partial charge in [-0.15, -0.1) is 0 Å². The zero-order valence-electron chi connectivity index (χ0n) is 13.2. The van der Waals surface area contributed by atoms with Gasteiger partial charge in [-0.3, -0.25) is 4.90 Å². The molecular formula is C16H32N2S. The van der Waals surface area contributed by atoms with Crippen molar-refractivity contribution < 1.29 is 0 Å². The first-order chi connectivity index (χ1) is 9.19. The Hall–Kier alpha value is 0.270. The molecule has 112 valence electrons. The van der Waals surface area contributed by atoms with Gasteiger partial charge in [0.2, 0.25) is 0 Å². The lowest BCUT2D eigenvalue weighted by Crippen LogP contribution is -2.57. The summed E-state index contributed by atoms with van der Waals surface area (Å²) < 4.78 is 0. The monoisotopic (exact) mass is 284 g/mol. The quantitative estimate of drug-likeness (QED) is 0.833. The average molecular weight is 285 g/mol. The van der Waals surface area contributed by atoms with Crippen LogP contribution in [0.5, 0.6) is 0 Å². The maximum absolute atomic E-state index is 3.76. The van der Waals surface area contributed by atoms with E-state index in [4.69, 9.17) is 0 Å². The molecule has 1 aliphatic carbocycles. The fourth-order valence-corrected chi connectivity index (χ4v) is 5.05. The smallest absolute Gasteiger partial charge is 0.0217 e. The molecule has 5 unspecified atom stereocenters. The fraction of sp³-hybridized carbons (Fsp3) is 1.00. The Morgan fingerprint density at radius 1 is 1.21 bits per heavy atom. The van der Waals surface area contributed by atoms with Gasteiger partial charge in [0, 0.05) is 29.9 Å². The van der Waals surface area contributed by atoms with Crippen LogP contribution in [-0.4, -0.2) is 47.6 Å². The van der Waals surface area contributed by atoms with Crippen molar-refractivity contribution in [2.45, 2.75) is 76.3 Å². The SMILES string of the molecule is CCCNC1CCN(C2CCCC2SC)C(C)C1C. The molecule has 1 N–H and O–H groups in total. The number of hydrogen-bond donors (Lipinski definition) is 1. The molecule has 2 aliphatic rings. The first kappa shape index (κ1) is 15.7. The van der Waals surface area contributed by atoms with Gasteiger partial charge in [0.25, 0.3) is 0 Å². The third-order valence-electron chi connectivity index (χ3n) is 5.42. The summed E-state index contributed by atoms with van der Waals surface area (Å²) in [5, 5.41) is 4.64. The van der Waals surface area contributed by atoms with Crippen molar-refractivity contribution in [3.8, 4) is 0 Å². The van der Waals surface area contributed by atoms with Crippen LogP contribution in [0.4, 0.5) is 0 Å². The van der Waals surface area contributed by atoms with E-state index in [1.54, 1.807) is 0 Å². The summed E-state index contributed by atoms with van der Waals surface area (Å²) in [6, 6.07) is 2.32. The first-order valence-corrected chi connectivity index (χ1v) is 9.49. The van der Waals surface area contributed by atoms with E-state index >= 15 is 0 Å².